The Balaban J connectivity index is 2.46. The Morgan fingerprint density at radius 3 is 2.85 bits per heavy atom. The van der Waals surface area contributed by atoms with Gasteiger partial charge in [-0.2, -0.15) is 4.37 Å². The van der Waals surface area contributed by atoms with Crippen molar-refractivity contribution in [3.05, 3.63) is 34.0 Å². The van der Waals surface area contributed by atoms with Crippen LogP contribution in [0.4, 0.5) is 0 Å². The summed E-state index contributed by atoms with van der Waals surface area (Å²) < 4.78 is 4.93. The van der Waals surface area contributed by atoms with E-state index in [9.17, 15) is 0 Å². The van der Waals surface area contributed by atoms with E-state index in [2.05, 4.69) is 25.3 Å². The van der Waals surface area contributed by atoms with Gasteiger partial charge in [-0.25, -0.2) is 4.98 Å². The van der Waals surface area contributed by atoms with E-state index in [1.165, 1.54) is 11.5 Å². The normalized spacial score (nSPS) is 10.3. The molecule has 0 saturated carbocycles. The van der Waals surface area contributed by atoms with E-state index < -0.39 is 0 Å². The molecule has 0 N–H and O–H groups in total. The Bertz CT molecular complexity index is 430. The van der Waals surface area contributed by atoms with Crippen LogP contribution in [0.3, 0.4) is 0 Å². The smallest absolute Gasteiger partial charge is 0.205 e. The topological polar surface area (TPSA) is 25.8 Å². The summed E-state index contributed by atoms with van der Waals surface area (Å²) in [7, 11) is 0. The van der Waals surface area contributed by atoms with Crippen molar-refractivity contribution >= 4 is 39.1 Å². The van der Waals surface area contributed by atoms with Crippen molar-refractivity contribution < 1.29 is 0 Å². The molecule has 0 aliphatic rings. The molecule has 1 heterocycles. The van der Waals surface area contributed by atoms with Crippen molar-refractivity contribution in [2.24, 2.45) is 0 Å². The lowest BCUT2D eigenvalue weighted by atomic mass is 10.2. The van der Waals surface area contributed by atoms with Gasteiger partial charge in [-0.05, 0) is 35.3 Å². The number of halogens is 2. The SMILES string of the molecule is Clc1nsc(-c2cccc(Br)c2)n1. The number of hydrogen-bond acceptors (Lipinski definition) is 3. The van der Waals surface area contributed by atoms with Crippen molar-refractivity contribution in [3.8, 4) is 10.6 Å². The zero-order valence-corrected chi connectivity index (χ0v) is 9.53. The maximum absolute atomic E-state index is 5.63. The van der Waals surface area contributed by atoms with Gasteiger partial charge in [0.2, 0.25) is 5.28 Å². The van der Waals surface area contributed by atoms with Crippen LogP contribution < -0.4 is 0 Å². The van der Waals surface area contributed by atoms with Crippen LogP contribution in [-0.2, 0) is 0 Å². The highest BCUT2D eigenvalue weighted by atomic mass is 79.9. The molecule has 0 fully saturated rings. The van der Waals surface area contributed by atoms with E-state index in [0.717, 1.165) is 15.0 Å². The predicted octanol–water partition coefficient (Wildman–Crippen LogP) is 3.62. The fourth-order valence-electron chi connectivity index (χ4n) is 0.944. The fourth-order valence-corrected chi connectivity index (χ4v) is 2.14. The van der Waals surface area contributed by atoms with E-state index >= 15 is 0 Å². The molecule has 0 spiro atoms. The summed E-state index contributed by atoms with van der Waals surface area (Å²) in [5.74, 6) is 0. The van der Waals surface area contributed by atoms with E-state index in [1.807, 2.05) is 24.3 Å². The quantitative estimate of drug-likeness (QED) is 0.794. The third kappa shape index (κ3) is 2.07. The summed E-state index contributed by atoms with van der Waals surface area (Å²) >= 11 is 10.3. The predicted molar refractivity (Wildman–Crippen MR) is 58.1 cm³/mol. The van der Waals surface area contributed by atoms with E-state index in [4.69, 9.17) is 11.6 Å². The first-order valence-corrected chi connectivity index (χ1v) is 5.45. The highest BCUT2D eigenvalue weighted by molar-refractivity contribution is 9.10. The van der Waals surface area contributed by atoms with Crippen LogP contribution in [0, 0.1) is 0 Å². The van der Waals surface area contributed by atoms with Gasteiger partial charge in [0.1, 0.15) is 5.01 Å². The van der Waals surface area contributed by atoms with E-state index in [1.54, 1.807) is 0 Å². The number of benzene rings is 1. The van der Waals surface area contributed by atoms with Gasteiger partial charge in [-0.1, -0.05) is 28.1 Å². The van der Waals surface area contributed by atoms with Crippen LogP contribution in [0.15, 0.2) is 28.7 Å². The molecule has 0 atom stereocenters. The summed E-state index contributed by atoms with van der Waals surface area (Å²) in [5, 5.41) is 1.14. The highest BCUT2D eigenvalue weighted by Gasteiger charge is 2.04. The molecule has 2 rings (SSSR count). The molecular formula is C8H4BrClN2S. The van der Waals surface area contributed by atoms with Gasteiger partial charge in [-0.15, -0.1) is 0 Å². The average Bonchev–Trinajstić information content (AvgIpc) is 2.52. The van der Waals surface area contributed by atoms with Gasteiger partial charge in [-0.3, -0.25) is 0 Å². The van der Waals surface area contributed by atoms with Gasteiger partial charge < -0.3 is 0 Å². The summed E-state index contributed by atoms with van der Waals surface area (Å²) in [6.07, 6.45) is 0. The zero-order chi connectivity index (χ0) is 9.26. The van der Waals surface area contributed by atoms with Gasteiger partial charge in [0.05, 0.1) is 0 Å². The molecule has 0 aliphatic heterocycles. The van der Waals surface area contributed by atoms with E-state index in [-0.39, 0.29) is 0 Å². The molecule has 66 valence electrons. The van der Waals surface area contributed by atoms with Crippen LogP contribution in [0.25, 0.3) is 10.6 Å². The third-order valence-corrected chi connectivity index (χ3v) is 3.00. The van der Waals surface area contributed by atoms with Gasteiger partial charge in [0, 0.05) is 10.0 Å². The van der Waals surface area contributed by atoms with Gasteiger partial charge >= 0.3 is 0 Å². The molecule has 5 heteroatoms. The maximum atomic E-state index is 5.63. The molecule has 2 aromatic rings. The summed E-state index contributed by atoms with van der Waals surface area (Å²) in [4.78, 5) is 4.07. The number of nitrogens with zero attached hydrogens (tertiary/aromatic N) is 2. The van der Waals surface area contributed by atoms with E-state index in [0.29, 0.717) is 5.28 Å². The van der Waals surface area contributed by atoms with Gasteiger partial charge in [0.25, 0.3) is 0 Å². The lowest BCUT2D eigenvalue weighted by molar-refractivity contribution is 1.33. The molecule has 0 aliphatic carbocycles. The number of rotatable bonds is 1. The van der Waals surface area contributed by atoms with Crippen molar-refractivity contribution in [1.29, 1.82) is 0 Å². The molecule has 0 unspecified atom stereocenters. The van der Waals surface area contributed by atoms with Crippen LogP contribution in [-0.4, -0.2) is 9.36 Å². The third-order valence-electron chi connectivity index (χ3n) is 1.47. The Kier molecular flexibility index (Phi) is 2.62. The fraction of sp³-hybridized carbons (Fsp3) is 0. The van der Waals surface area contributed by atoms with Crippen LogP contribution in [0.5, 0.6) is 0 Å². The van der Waals surface area contributed by atoms with Crippen molar-refractivity contribution in [3.63, 3.8) is 0 Å². The second-order valence-electron chi connectivity index (χ2n) is 2.38. The first-order valence-electron chi connectivity index (χ1n) is 3.51. The standard InChI is InChI=1S/C8H4BrClN2S/c9-6-3-1-2-5(4-6)7-11-8(10)12-13-7/h1-4H. The molecule has 0 saturated heterocycles. The maximum Gasteiger partial charge on any atom is 0.234 e. The van der Waals surface area contributed by atoms with Crippen molar-refractivity contribution in [2.45, 2.75) is 0 Å². The monoisotopic (exact) mass is 274 g/mol. The largest absolute Gasteiger partial charge is 0.234 e. The molecule has 13 heavy (non-hydrogen) atoms. The Morgan fingerprint density at radius 2 is 2.23 bits per heavy atom. The molecule has 2 nitrogen and oxygen atoms in total. The van der Waals surface area contributed by atoms with Crippen LogP contribution in [0.1, 0.15) is 0 Å². The summed E-state index contributed by atoms with van der Waals surface area (Å²) in [6.45, 7) is 0. The minimum Gasteiger partial charge on any atom is -0.205 e. The lowest BCUT2D eigenvalue weighted by Crippen LogP contribution is -1.74. The zero-order valence-electron chi connectivity index (χ0n) is 6.37. The molecule has 1 aromatic heterocycles. The average molecular weight is 276 g/mol. The number of aromatic nitrogens is 2. The lowest BCUT2D eigenvalue weighted by Gasteiger charge is -1.94. The van der Waals surface area contributed by atoms with Crippen LogP contribution in [0.2, 0.25) is 5.28 Å². The summed E-state index contributed by atoms with van der Waals surface area (Å²) in [6, 6.07) is 7.87. The van der Waals surface area contributed by atoms with Crippen LogP contribution >= 0.6 is 39.1 Å². The first-order chi connectivity index (χ1) is 6.25. The molecule has 1 aromatic carbocycles. The molecule has 0 radical (unpaired) electrons. The van der Waals surface area contributed by atoms with Crippen molar-refractivity contribution in [1.82, 2.24) is 9.36 Å². The minimum atomic E-state index is 0.306. The molecular weight excluding hydrogens is 272 g/mol. The highest BCUT2D eigenvalue weighted by Crippen LogP contribution is 2.25. The minimum absolute atomic E-state index is 0.306. The Labute approximate surface area is 92.9 Å². The molecule has 0 bridgehead atoms. The number of hydrogen-bond donors (Lipinski definition) is 0. The Morgan fingerprint density at radius 1 is 1.38 bits per heavy atom. The first kappa shape index (κ1) is 9.12. The van der Waals surface area contributed by atoms with Gasteiger partial charge in [0.15, 0.2) is 0 Å². The second-order valence-corrected chi connectivity index (χ2v) is 4.38. The Hall–Kier alpha value is -0.450. The second kappa shape index (κ2) is 3.74. The van der Waals surface area contributed by atoms with Crippen molar-refractivity contribution in [2.75, 3.05) is 0 Å². The summed E-state index contributed by atoms with van der Waals surface area (Å²) in [5.41, 5.74) is 1.03. The molecule has 0 amide bonds.